The molecule has 0 aliphatic rings. The van der Waals surface area contributed by atoms with E-state index in [2.05, 4.69) is 14.4 Å². The quantitative estimate of drug-likeness (QED) is 0.563. The van der Waals surface area contributed by atoms with Gasteiger partial charge in [0.05, 0.1) is 16.8 Å². The molecule has 0 unspecified atom stereocenters. The van der Waals surface area contributed by atoms with Crippen LogP contribution in [0.25, 0.3) is 0 Å². The molecule has 0 saturated carbocycles. The van der Waals surface area contributed by atoms with Crippen LogP contribution >= 0.6 is 0 Å². The van der Waals surface area contributed by atoms with Crippen LogP contribution in [-0.2, 0) is 10.0 Å². The van der Waals surface area contributed by atoms with Crippen LogP contribution in [0.15, 0.2) is 71.8 Å². The highest BCUT2D eigenvalue weighted by Crippen LogP contribution is 2.26. The molecule has 1 aromatic heterocycles. The van der Waals surface area contributed by atoms with Gasteiger partial charge in [0, 0.05) is 17.7 Å². The lowest BCUT2D eigenvalue weighted by molar-refractivity contribution is -0.274. The number of benzene rings is 2. The molecule has 0 atom stereocenters. The maximum Gasteiger partial charge on any atom is 0.573 e. The number of carbonyl (C=O) groups excluding carboxylic acids is 1. The van der Waals surface area contributed by atoms with Gasteiger partial charge >= 0.3 is 6.36 Å². The van der Waals surface area contributed by atoms with Crippen molar-refractivity contribution in [3.63, 3.8) is 0 Å². The van der Waals surface area contributed by atoms with Crippen molar-refractivity contribution in [3.8, 4) is 17.4 Å². The predicted molar refractivity (Wildman–Crippen MR) is 103 cm³/mol. The Morgan fingerprint density at radius 3 is 2.35 bits per heavy atom. The van der Waals surface area contributed by atoms with E-state index in [4.69, 9.17) is 10.5 Å². The largest absolute Gasteiger partial charge is 0.573 e. The second-order valence-corrected chi connectivity index (χ2v) is 7.69. The SMILES string of the molecule is NC(=O)c1cccc(Oc2ccc(NS(=O)(=O)c3cccc(OC(F)(F)F)c3)cn2)c1. The number of hydrogen-bond donors (Lipinski definition) is 2. The number of amides is 1. The zero-order valence-electron chi connectivity index (χ0n) is 15.5. The van der Waals surface area contributed by atoms with Crippen molar-refractivity contribution in [2.45, 2.75) is 11.3 Å². The van der Waals surface area contributed by atoms with E-state index in [-0.39, 0.29) is 17.1 Å². The Labute approximate surface area is 174 Å². The van der Waals surface area contributed by atoms with Gasteiger partial charge in [-0.2, -0.15) is 0 Å². The summed E-state index contributed by atoms with van der Waals surface area (Å²) < 4.78 is 73.3. The molecule has 3 aromatic rings. The van der Waals surface area contributed by atoms with E-state index in [1.165, 1.54) is 24.3 Å². The topological polar surface area (TPSA) is 121 Å². The van der Waals surface area contributed by atoms with Crippen LogP contribution in [0.2, 0.25) is 0 Å². The zero-order chi connectivity index (χ0) is 22.6. The molecule has 12 heteroatoms. The number of nitrogens with zero attached hydrogens (tertiary/aromatic N) is 1. The lowest BCUT2D eigenvalue weighted by Gasteiger charge is -2.12. The smallest absolute Gasteiger partial charge is 0.439 e. The normalized spacial score (nSPS) is 11.6. The fourth-order valence-electron chi connectivity index (χ4n) is 2.39. The molecule has 2 aromatic carbocycles. The van der Waals surface area contributed by atoms with E-state index >= 15 is 0 Å². The summed E-state index contributed by atoms with van der Waals surface area (Å²) in [5.74, 6) is -0.910. The summed E-state index contributed by atoms with van der Waals surface area (Å²) in [6.45, 7) is 0. The molecule has 8 nitrogen and oxygen atoms in total. The van der Waals surface area contributed by atoms with Crippen molar-refractivity contribution in [1.29, 1.82) is 0 Å². The Hall–Kier alpha value is -3.80. The molecule has 0 spiro atoms. The van der Waals surface area contributed by atoms with E-state index in [9.17, 15) is 26.4 Å². The van der Waals surface area contributed by atoms with Crippen LogP contribution in [0.3, 0.4) is 0 Å². The van der Waals surface area contributed by atoms with Crippen molar-refractivity contribution in [2.24, 2.45) is 5.73 Å². The Kier molecular flexibility index (Phi) is 6.02. The van der Waals surface area contributed by atoms with Gasteiger partial charge in [-0.25, -0.2) is 13.4 Å². The lowest BCUT2D eigenvalue weighted by Crippen LogP contribution is -2.18. The summed E-state index contributed by atoms with van der Waals surface area (Å²) in [6.07, 6.45) is -3.80. The number of ether oxygens (including phenoxy) is 2. The number of carbonyl (C=O) groups is 1. The minimum Gasteiger partial charge on any atom is -0.439 e. The van der Waals surface area contributed by atoms with Crippen LogP contribution in [0, 0.1) is 0 Å². The first-order valence-corrected chi connectivity index (χ1v) is 9.92. The first-order valence-electron chi connectivity index (χ1n) is 8.44. The number of anilines is 1. The van der Waals surface area contributed by atoms with Gasteiger partial charge in [0.25, 0.3) is 10.0 Å². The van der Waals surface area contributed by atoms with Gasteiger partial charge in [-0.05, 0) is 36.4 Å². The fraction of sp³-hybridized carbons (Fsp3) is 0.0526. The third-order valence-corrected chi connectivity index (χ3v) is 5.06. The summed E-state index contributed by atoms with van der Waals surface area (Å²) >= 11 is 0. The molecular weight excluding hydrogens is 439 g/mol. The number of pyridine rings is 1. The summed E-state index contributed by atoms with van der Waals surface area (Å²) in [6, 6.07) is 12.7. The molecule has 162 valence electrons. The zero-order valence-corrected chi connectivity index (χ0v) is 16.3. The average Bonchev–Trinajstić information content (AvgIpc) is 2.68. The van der Waals surface area contributed by atoms with Gasteiger partial charge < -0.3 is 15.2 Å². The first-order chi connectivity index (χ1) is 14.5. The molecule has 0 aliphatic carbocycles. The van der Waals surface area contributed by atoms with Crippen LogP contribution in [0.1, 0.15) is 10.4 Å². The highest BCUT2D eigenvalue weighted by molar-refractivity contribution is 7.92. The van der Waals surface area contributed by atoms with Crippen molar-refractivity contribution in [3.05, 3.63) is 72.4 Å². The van der Waals surface area contributed by atoms with Crippen LogP contribution in [0.4, 0.5) is 18.9 Å². The fourth-order valence-corrected chi connectivity index (χ4v) is 3.47. The predicted octanol–water partition coefficient (Wildman–Crippen LogP) is 3.67. The standard InChI is InChI=1S/C19H14F3N3O5S/c20-19(21,22)30-15-5-2-6-16(10-15)31(27,28)25-13-7-8-17(24-11-13)29-14-4-1-3-12(9-14)18(23)26/h1-11,25H,(H2,23,26). The van der Waals surface area contributed by atoms with Crippen LogP contribution in [-0.4, -0.2) is 25.7 Å². The van der Waals surface area contributed by atoms with Gasteiger partial charge in [-0.1, -0.05) is 12.1 Å². The first kappa shape index (κ1) is 21.9. The molecule has 0 fully saturated rings. The minimum absolute atomic E-state index is 0.0420. The molecule has 3 N–H and O–H groups in total. The minimum atomic E-state index is -4.95. The molecular formula is C19H14F3N3O5S. The monoisotopic (exact) mass is 453 g/mol. The molecule has 0 bridgehead atoms. The number of nitrogens with one attached hydrogen (secondary N) is 1. The number of hydrogen-bond acceptors (Lipinski definition) is 6. The number of nitrogens with two attached hydrogens (primary N) is 1. The highest BCUT2D eigenvalue weighted by Gasteiger charge is 2.31. The maximum absolute atomic E-state index is 12.4. The second kappa shape index (κ2) is 8.52. The third kappa shape index (κ3) is 6.09. The number of primary amides is 1. The maximum atomic E-state index is 12.4. The number of sulfonamides is 1. The average molecular weight is 453 g/mol. The van der Waals surface area contributed by atoms with Gasteiger partial charge in [-0.15, -0.1) is 13.2 Å². The highest BCUT2D eigenvalue weighted by atomic mass is 32.2. The molecule has 0 saturated heterocycles. The Balaban J connectivity index is 1.72. The van der Waals surface area contributed by atoms with Crippen LogP contribution < -0.4 is 19.9 Å². The van der Waals surface area contributed by atoms with Crippen LogP contribution in [0.5, 0.6) is 17.4 Å². The van der Waals surface area contributed by atoms with Gasteiger partial charge in [0.1, 0.15) is 11.5 Å². The molecule has 0 radical (unpaired) electrons. The molecule has 1 heterocycles. The molecule has 31 heavy (non-hydrogen) atoms. The van der Waals surface area contributed by atoms with Crippen molar-refractivity contribution in [1.82, 2.24) is 4.98 Å². The summed E-state index contributed by atoms with van der Waals surface area (Å²) in [7, 11) is -4.21. The van der Waals surface area contributed by atoms with E-state index in [1.807, 2.05) is 0 Å². The Morgan fingerprint density at radius 1 is 1.00 bits per heavy atom. The number of halogens is 3. The van der Waals surface area contributed by atoms with E-state index < -0.39 is 32.9 Å². The van der Waals surface area contributed by atoms with E-state index in [1.54, 1.807) is 12.1 Å². The van der Waals surface area contributed by atoms with Gasteiger partial charge in [0.15, 0.2) is 0 Å². The van der Waals surface area contributed by atoms with Gasteiger partial charge in [0.2, 0.25) is 11.8 Å². The summed E-state index contributed by atoms with van der Waals surface area (Å²) in [5, 5.41) is 0. The van der Waals surface area contributed by atoms with Crippen molar-refractivity contribution < 1.29 is 35.9 Å². The van der Waals surface area contributed by atoms with Crippen molar-refractivity contribution in [2.75, 3.05) is 4.72 Å². The Bertz CT molecular complexity index is 1200. The molecule has 1 amide bonds. The van der Waals surface area contributed by atoms with Crippen molar-refractivity contribution >= 4 is 21.6 Å². The van der Waals surface area contributed by atoms with E-state index in [0.717, 1.165) is 30.5 Å². The summed E-state index contributed by atoms with van der Waals surface area (Å²) in [5.41, 5.74) is 5.48. The molecule has 0 aliphatic heterocycles. The number of rotatable bonds is 7. The number of alkyl halides is 3. The Morgan fingerprint density at radius 2 is 1.71 bits per heavy atom. The number of aromatic nitrogens is 1. The lowest BCUT2D eigenvalue weighted by atomic mass is 10.2. The third-order valence-electron chi connectivity index (χ3n) is 3.68. The summed E-state index contributed by atoms with van der Waals surface area (Å²) in [4.78, 5) is 14.7. The van der Waals surface area contributed by atoms with Gasteiger partial charge in [-0.3, -0.25) is 9.52 Å². The van der Waals surface area contributed by atoms with E-state index in [0.29, 0.717) is 5.75 Å². The second-order valence-electron chi connectivity index (χ2n) is 6.01. The molecule has 3 rings (SSSR count).